The number of esters is 1. The molecule has 0 bridgehead atoms. The first-order valence-corrected chi connectivity index (χ1v) is 10.3. The molecular formula is C22H25N3O4S. The van der Waals surface area contributed by atoms with Crippen LogP contribution < -0.4 is 10.1 Å². The van der Waals surface area contributed by atoms with Crippen LogP contribution in [0.5, 0.6) is 5.75 Å². The number of nitrogens with one attached hydrogen (secondary N) is 1. The number of anilines is 1. The molecule has 30 heavy (non-hydrogen) atoms. The third-order valence-electron chi connectivity index (χ3n) is 4.52. The number of thiophene rings is 1. The van der Waals surface area contributed by atoms with Crippen molar-refractivity contribution in [3.63, 3.8) is 0 Å². The second-order valence-electron chi connectivity index (χ2n) is 7.97. The van der Waals surface area contributed by atoms with Crippen LogP contribution in [0, 0.1) is 13.8 Å². The molecule has 3 rings (SSSR count). The maximum Gasteiger partial charge on any atom is 0.343 e. The molecular weight excluding hydrogens is 402 g/mol. The third-order valence-corrected chi connectivity index (χ3v) is 5.71. The van der Waals surface area contributed by atoms with Crippen molar-refractivity contribution in [1.82, 2.24) is 9.97 Å². The molecule has 158 valence electrons. The van der Waals surface area contributed by atoms with Gasteiger partial charge in [-0.15, -0.1) is 11.3 Å². The molecule has 0 aliphatic rings. The lowest BCUT2D eigenvalue weighted by Gasteiger charge is -2.16. The highest BCUT2D eigenvalue weighted by Crippen LogP contribution is 2.33. The number of carbonyl (C=O) groups is 2. The average molecular weight is 428 g/mol. The van der Waals surface area contributed by atoms with Gasteiger partial charge >= 0.3 is 5.97 Å². The van der Waals surface area contributed by atoms with Crippen molar-refractivity contribution < 1.29 is 19.1 Å². The maximum atomic E-state index is 13.0. The van der Waals surface area contributed by atoms with Gasteiger partial charge in [-0.2, -0.15) is 0 Å². The van der Waals surface area contributed by atoms with Crippen LogP contribution in [0.3, 0.4) is 0 Å². The Kier molecular flexibility index (Phi) is 6.07. The summed E-state index contributed by atoms with van der Waals surface area (Å²) < 4.78 is 9.94. The van der Waals surface area contributed by atoms with Gasteiger partial charge < -0.3 is 14.8 Å². The number of methoxy groups -OCH3 is 1. The summed E-state index contributed by atoms with van der Waals surface area (Å²) >= 11 is 1.36. The molecule has 2 aromatic heterocycles. The molecule has 0 unspecified atom stereocenters. The Morgan fingerprint density at radius 2 is 1.90 bits per heavy atom. The van der Waals surface area contributed by atoms with Crippen molar-refractivity contribution in [3.8, 4) is 5.75 Å². The fourth-order valence-electron chi connectivity index (χ4n) is 2.94. The number of aryl methyl sites for hydroxylation is 2. The number of carbonyl (C=O) groups excluding carboxylic acids is 2. The summed E-state index contributed by atoms with van der Waals surface area (Å²) in [5.41, 5.74) is 2.13. The van der Waals surface area contributed by atoms with E-state index in [-0.39, 0.29) is 17.9 Å². The van der Waals surface area contributed by atoms with Gasteiger partial charge in [-0.25, -0.2) is 14.8 Å². The Balaban J connectivity index is 1.86. The van der Waals surface area contributed by atoms with E-state index in [1.54, 1.807) is 24.3 Å². The van der Waals surface area contributed by atoms with Crippen LogP contribution in [0.4, 0.5) is 5.69 Å². The monoisotopic (exact) mass is 427 g/mol. The Morgan fingerprint density at radius 3 is 2.57 bits per heavy atom. The topological polar surface area (TPSA) is 90.4 Å². The largest absolute Gasteiger partial charge is 0.482 e. The van der Waals surface area contributed by atoms with Gasteiger partial charge in [0.15, 0.2) is 6.61 Å². The Morgan fingerprint density at radius 1 is 1.17 bits per heavy atom. The van der Waals surface area contributed by atoms with Crippen molar-refractivity contribution in [3.05, 3.63) is 46.2 Å². The van der Waals surface area contributed by atoms with Crippen LogP contribution in [-0.2, 0) is 14.9 Å². The Hall–Kier alpha value is -3.00. The minimum Gasteiger partial charge on any atom is -0.482 e. The van der Waals surface area contributed by atoms with Crippen molar-refractivity contribution in [1.29, 1.82) is 0 Å². The molecule has 0 aliphatic heterocycles. The lowest BCUT2D eigenvalue weighted by Crippen LogP contribution is -2.16. The minimum absolute atomic E-state index is 0.177. The maximum absolute atomic E-state index is 13.0. The minimum atomic E-state index is -0.476. The molecule has 0 saturated heterocycles. The second kappa shape index (κ2) is 8.39. The van der Waals surface area contributed by atoms with E-state index in [1.807, 2.05) is 13.8 Å². The van der Waals surface area contributed by atoms with E-state index >= 15 is 0 Å². The molecule has 8 heteroatoms. The number of fused-ring (bicyclic) bond motifs is 1. The zero-order chi connectivity index (χ0) is 22.1. The quantitative estimate of drug-likeness (QED) is 0.607. The predicted molar refractivity (Wildman–Crippen MR) is 117 cm³/mol. The lowest BCUT2D eigenvalue weighted by molar-refractivity contribution is -0.142. The van der Waals surface area contributed by atoms with Crippen LogP contribution in [0.1, 0.15) is 47.5 Å². The first-order valence-electron chi connectivity index (χ1n) is 9.49. The molecule has 0 atom stereocenters. The summed E-state index contributed by atoms with van der Waals surface area (Å²) in [5.74, 6) is 0.521. The Bertz CT molecular complexity index is 1120. The van der Waals surface area contributed by atoms with E-state index in [2.05, 4.69) is 35.8 Å². The lowest BCUT2D eigenvalue weighted by atomic mass is 9.95. The van der Waals surface area contributed by atoms with Crippen LogP contribution in [0.15, 0.2) is 24.3 Å². The van der Waals surface area contributed by atoms with Crippen LogP contribution in [0.2, 0.25) is 0 Å². The molecule has 1 amide bonds. The molecule has 0 aliphatic carbocycles. The van der Waals surface area contributed by atoms with Gasteiger partial charge in [0.2, 0.25) is 0 Å². The van der Waals surface area contributed by atoms with Crippen LogP contribution in [0.25, 0.3) is 10.2 Å². The van der Waals surface area contributed by atoms with E-state index < -0.39 is 5.97 Å². The fraction of sp³-hybridized carbons (Fsp3) is 0.364. The number of hydrogen-bond donors (Lipinski definition) is 1. The highest BCUT2D eigenvalue weighted by Gasteiger charge is 2.23. The number of benzene rings is 1. The first-order chi connectivity index (χ1) is 14.1. The van der Waals surface area contributed by atoms with Gasteiger partial charge in [0.05, 0.1) is 17.7 Å². The fourth-order valence-corrected chi connectivity index (χ4v) is 4.07. The molecule has 0 saturated carbocycles. The summed E-state index contributed by atoms with van der Waals surface area (Å²) in [6, 6.07) is 6.86. The number of aromatic nitrogens is 2. The third kappa shape index (κ3) is 4.59. The number of amides is 1. The van der Waals surface area contributed by atoms with E-state index in [9.17, 15) is 9.59 Å². The van der Waals surface area contributed by atoms with E-state index in [4.69, 9.17) is 9.72 Å². The summed E-state index contributed by atoms with van der Waals surface area (Å²) in [6.45, 7) is 9.86. The number of nitrogens with zero attached hydrogens (tertiary/aromatic N) is 2. The van der Waals surface area contributed by atoms with Crippen molar-refractivity contribution >= 4 is 39.1 Å². The molecule has 0 fully saturated rings. The molecule has 2 heterocycles. The van der Waals surface area contributed by atoms with Gasteiger partial charge in [0.25, 0.3) is 5.91 Å². The molecule has 0 spiro atoms. The second-order valence-corrected chi connectivity index (χ2v) is 8.96. The summed E-state index contributed by atoms with van der Waals surface area (Å²) in [6.07, 6.45) is 0. The zero-order valence-corrected chi connectivity index (χ0v) is 18.8. The predicted octanol–water partition coefficient (Wildman–Crippen LogP) is 4.41. The smallest absolute Gasteiger partial charge is 0.343 e. The molecule has 1 N–H and O–H groups in total. The van der Waals surface area contributed by atoms with E-state index in [0.29, 0.717) is 16.3 Å². The van der Waals surface area contributed by atoms with Gasteiger partial charge in [-0.05, 0) is 31.5 Å². The van der Waals surface area contributed by atoms with Gasteiger partial charge in [0, 0.05) is 22.6 Å². The average Bonchev–Trinajstić information content (AvgIpc) is 3.03. The summed E-state index contributed by atoms with van der Waals surface area (Å²) in [4.78, 5) is 35.0. The van der Waals surface area contributed by atoms with Gasteiger partial charge in [-0.1, -0.05) is 26.8 Å². The first kappa shape index (κ1) is 21.7. The zero-order valence-electron chi connectivity index (χ0n) is 18.0. The van der Waals surface area contributed by atoms with Crippen molar-refractivity contribution in [2.75, 3.05) is 19.0 Å². The van der Waals surface area contributed by atoms with Crippen molar-refractivity contribution in [2.45, 2.75) is 40.0 Å². The molecule has 0 radical (unpaired) electrons. The number of hydrogen-bond acceptors (Lipinski definition) is 7. The van der Waals surface area contributed by atoms with Gasteiger partial charge in [-0.3, -0.25) is 4.79 Å². The van der Waals surface area contributed by atoms with E-state index in [0.717, 1.165) is 27.3 Å². The van der Waals surface area contributed by atoms with Crippen LogP contribution >= 0.6 is 11.3 Å². The van der Waals surface area contributed by atoms with E-state index in [1.165, 1.54) is 18.4 Å². The Labute approximate surface area is 179 Å². The molecule has 3 aromatic rings. The highest BCUT2D eigenvalue weighted by atomic mass is 32.1. The molecule has 1 aromatic carbocycles. The number of ether oxygens (including phenoxy) is 2. The number of rotatable bonds is 5. The summed E-state index contributed by atoms with van der Waals surface area (Å²) in [7, 11) is 1.30. The van der Waals surface area contributed by atoms with Crippen molar-refractivity contribution in [2.24, 2.45) is 0 Å². The van der Waals surface area contributed by atoms with Gasteiger partial charge in [0.1, 0.15) is 16.4 Å². The molecule has 7 nitrogen and oxygen atoms in total. The highest BCUT2D eigenvalue weighted by molar-refractivity contribution is 7.20. The van der Waals surface area contributed by atoms with Crippen LogP contribution in [-0.4, -0.2) is 35.6 Å². The summed E-state index contributed by atoms with van der Waals surface area (Å²) in [5, 5.41) is 3.82. The normalized spacial score (nSPS) is 11.4. The SMILES string of the molecule is COC(=O)COc1cccc(NC(=O)c2sc3nc(C(C)(C)C)nc(C)c3c2C)c1. The standard InChI is InChI=1S/C22H25N3O4S/c1-12-17-13(2)23-21(22(3,4)5)25-20(17)30-18(12)19(27)24-14-8-7-9-15(10-14)29-11-16(26)28-6/h7-10H,11H2,1-6H3,(H,24,27).